The van der Waals surface area contributed by atoms with Gasteiger partial charge in [0.2, 0.25) is 0 Å². The maximum atomic E-state index is 13.4. The Morgan fingerprint density at radius 3 is 1.79 bits per heavy atom. The summed E-state index contributed by atoms with van der Waals surface area (Å²) >= 11 is 0. The Labute approximate surface area is 204 Å². The predicted octanol–water partition coefficient (Wildman–Crippen LogP) is 6.32. The minimum Gasteiger partial charge on any atom is -0.393 e. The number of aliphatic hydroxyl groups excluding tert-OH is 1. The van der Waals surface area contributed by atoms with Crippen molar-refractivity contribution >= 4 is 24.3 Å². The second-order valence-electron chi connectivity index (χ2n) is 9.00. The van der Waals surface area contributed by atoms with E-state index in [9.17, 15) is 9.90 Å². The summed E-state index contributed by atoms with van der Waals surface area (Å²) in [5.74, 6) is -0.429. The van der Waals surface area contributed by atoms with Gasteiger partial charge in [-0.2, -0.15) is 4.52 Å². The van der Waals surface area contributed by atoms with Gasteiger partial charge < -0.3 is 5.11 Å². The fourth-order valence-electron chi connectivity index (χ4n) is 4.04. The highest BCUT2D eigenvalue weighted by atomic mass is 31.2. The summed E-state index contributed by atoms with van der Waals surface area (Å²) < 4.78 is 13.3. The maximum absolute atomic E-state index is 13.4. The van der Waals surface area contributed by atoms with Crippen LogP contribution in [-0.2, 0) is 9.05 Å². The minimum atomic E-state index is -3.11. The molecule has 0 aliphatic heterocycles. The molecular formula is C29H36O4P+. The van der Waals surface area contributed by atoms with Crippen LogP contribution in [0.3, 0.4) is 0 Å². The molecule has 0 spiro atoms. The van der Waals surface area contributed by atoms with Gasteiger partial charge >= 0.3 is 13.7 Å². The van der Waals surface area contributed by atoms with Crippen LogP contribution in [0.1, 0.15) is 57.3 Å². The molecule has 0 heterocycles. The van der Waals surface area contributed by atoms with E-state index in [4.69, 9.17) is 9.05 Å². The van der Waals surface area contributed by atoms with E-state index in [0.717, 1.165) is 29.9 Å². The summed E-state index contributed by atoms with van der Waals surface area (Å²) in [6.45, 7) is 8.00. The van der Waals surface area contributed by atoms with Crippen molar-refractivity contribution in [1.29, 1.82) is 0 Å². The summed E-state index contributed by atoms with van der Waals surface area (Å²) in [6.07, 6.45) is 1.83. The summed E-state index contributed by atoms with van der Waals surface area (Å²) in [5.41, 5.74) is -0.0384. The van der Waals surface area contributed by atoms with Crippen LogP contribution in [0.4, 0.5) is 0 Å². The van der Waals surface area contributed by atoms with Crippen LogP contribution in [0.25, 0.3) is 0 Å². The SMILES string of the molecule is CCCCC(C)(C(C)O)C(C)O[P+](OC(=O)c1ccccc1)(c1ccccc1)c1ccccc1. The number of benzene rings is 3. The molecule has 0 fully saturated rings. The standard InChI is InChI=1S/C29H36O4P/c1-5-6-22-29(4,23(2)30)24(3)32-34(26-18-12-8-13-19-26,27-20-14-9-15-21-27)33-28(31)25-16-10-7-11-17-25/h7-21,23-24,30H,5-6,22H2,1-4H3/q+1. The van der Waals surface area contributed by atoms with Gasteiger partial charge in [-0.25, -0.2) is 4.79 Å². The Hall–Kier alpha value is -2.52. The molecule has 0 amide bonds. The monoisotopic (exact) mass is 479 g/mol. The first-order valence-electron chi connectivity index (χ1n) is 12.0. The molecule has 34 heavy (non-hydrogen) atoms. The second kappa shape index (κ2) is 11.8. The van der Waals surface area contributed by atoms with Crippen molar-refractivity contribution in [2.24, 2.45) is 5.41 Å². The quantitative estimate of drug-likeness (QED) is 0.327. The van der Waals surface area contributed by atoms with Crippen molar-refractivity contribution in [3.8, 4) is 0 Å². The van der Waals surface area contributed by atoms with Crippen molar-refractivity contribution < 1.29 is 18.9 Å². The van der Waals surface area contributed by atoms with Crippen molar-refractivity contribution in [3.05, 3.63) is 96.6 Å². The minimum absolute atomic E-state index is 0.378. The van der Waals surface area contributed by atoms with Gasteiger partial charge in [-0.15, -0.1) is 0 Å². The molecule has 3 aromatic carbocycles. The highest BCUT2D eigenvalue weighted by Crippen LogP contribution is 2.61. The molecule has 0 saturated carbocycles. The van der Waals surface area contributed by atoms with E-state index in [1.165, 1.54) is 0 Å². The molecule has 0 bridgehead atoms. The zero-order valence-corrected chi connectivity index (χ0v) is 21.4. The predicted molar refractivity (Wildman–Crippen MR) is 141 cm³/mol. The van der Waals surface area contributed by atoms with E-state index in [-0.39, 0.29) is 6.10 Å². The summed E-state index contributed by atoms with van der Waals surface area (Å²) in [4.78, 5) is 13.4. The van der Waals surface area contributed by atoms with Crippen LogP contribution >= 0.6 is 7.72 Å². The van der Waals surface area contributed by atoms with E-state index in [1.54, 1.807) is 12.1 Å². The number of carbonyl (C=O) groups excluding carboxylic acids is 1. The highest BCUT2D eigenvalue weighted by Gasteiger charge is 2.55. The third-order valence-corrected chi connectivity index (χ3v) is 9.66. The van der Waals surface area contributed by atoms with Gasteiger partial charge in [-0.3, -0.25) is 4.52 Å². The highest BCUT2D eigenvalue weighted by molar-refractivity contribution is 7.81. The molecule has 0 aromatic heterocycles. The molecule has 3 rings (SSSR count). The average molecular weight is 480 g/mol. The maximum Gasteiger partial charge on any atom is 0.391 e. The summed E-state index contributed by atoms with van der Waals surface area (Å²) in [5, 5.41) is 12.4. The molecule has 0 aliphatic rings. The molecular weight excluding hydrogens is 443 g/mol. The molecule has 5 heteroatoms. The van der Waals surface area contributed by atoms with E-state index in [0.29, 0.717) is 5.56 Å². The molecule has 4 nitrogen and oxygen atoms in total. The van der Waals surface area contributed by atoms with Crippen molar-refractivity contribution in [2.45, 2.75) is 59.2 Å². The first kappa shape index (κ1) is 26.1. The lowest BCUT2D eigenvalue weighted by Gasteiger charge is -2.39. The molecule has 3 unspecified atom stereocenters. The van der Waals surface area contributed by atoms with Crippen LogP contribution in [0, 0.1) is 5.41 Å². The van der Waals surface area contributed by atoms with Gasteiger partial charge in [-0.05, 0) is 56.7 Å². The molecule has 1 N–H and O–H groups in total. The molecule has 0 saturated heterocycles. The Morgan fingerprint density at radius 2 is 1.35 bits per heavy atom. The summed E-state index contributed by atoms with van der Waals surface area (Å²) in [7, 11) is -3.11. The number of hydrogen-bond donors (Lipinski definition) is 1. The second-order valence-corrected chi connectivity index (χ2v) is 11.5. The number of aliphatic hydroxyl groups is 1. The zero-order valence-electron chi connectivity index (χ0n) is 20.6. The van der Waals surface area contributed by atoms with Crippen LogP contribution in [0.15, 0.2) is 91.0 Å². The lowest BCUT2D eigenvalue weighted by Crippen LogP contribution is -2.43. The fraction of sp³-hybridized carbons (Fsp3) is 0.345. The van der Waals surface area contributed by atoms with E-state index in [2.05, 4.69) is 13.8 Å². The number of rotatable bonds is 11. The zero-order chi connectivity index (χ0) is 24.6. The topological polar surface area (TPSA) is 55.8 Å². The van der Waals surface area contributed by atoms with Gasteiger partial charge in [0.15, 0.2) is 10.6 Å². The molecule has 0 aliphatic carbocycles. The Morgan fingerprint density at radius 1 is 0.882 bits per heavy atom. The van der Waals surface area contributed by atoms with Crippen LogP contribution in [0.5, 0.6) is 0 Å². The molecule has 0 radical (unpaired) electrons. The Bertz CT molecular complexity index is 984. The van der Waals surface area contributed by atoms with Gasteiger partial charge in [0.25, 0.3) is 0 Å². The van der Waals surface area contributed by atoms with E-state index < -0.39 is 25.2 Å². The van der Waals surface area contributed by atoms with E-state index in [1.807, 2.05) is 92.7 Å². The lowest BCUT2D eigenvalue weighted by molar-refractivity contribution is -0.0371. The van der Waals surface area contributed by atoms with Gasteiger partial charge in [0, 0.05) is 5.41 Å². The van der Waals surface area contributed by atoms with Crippen LogP contribution < -0.4 is 10.6 Å². The smallest absolute Gasteiger partial charge is 0.391 e. The first-order chi connectivity index (χ1) is 16.3. The normalized spacial score (nSPS) is 15.2. The van der Waals surface area contributed by atoms with Gasteiger partial charge in [0.1, 0.15) is 6.10 Å². The van der Waals surface area contributed by atoms with E-state index >= 15 is 0 Å². The van der Waals surface area contributed by atoms with Crippen LogP contribution in [0.2, 0.25) is 0 Å². The Kier molecular flexibility index (Phi) is 9.02. The number of unbranched alkanes of at least 4 members (excludes halogenated alkanes) is 1. The van der Waals surface area contributed by atoms with Crippen LogP contribution in [-0.4, -0.2) is 23.3 Å². The fourth-order valence-corrected chi connectivity index (χ4v) is 6.99. The Balaban J connectivity index is 2.14. The number of hydrogen-bond acceptors (Lipinski definition) is 4. The number of carbonyl (C=O) groups is 1. The molecule has 180 valence electrons. The third kappa shape index (κ3) is 5.75. The largest absolute Gasteiger partial charge is 0.393 e. The van der Waals surface area contributed by atoms with Crippen molar-refractivity contribution in [3.63, 3.8) is 0 Å². The van der Waals surface area contributed by atoms with Gasteiger partial charge in [0.05, 0.1) is 11.7 Å². The van der Waals surface area contributed by atoms with Crippen molar-refractivity contribution in [2.75, 3.05) is 0 Å². The average Bonchev–Trinajstić information content (AvgIpc) is 2.88. The first-order valence-corrected chi connectivity index (χ1v) is 13.6. The summed E-state index contributed by atoms with van der Waals surface area (Å²) in [6, 6.07) is 28.4. The third-order valence-electron chi connectivity index (χ3n) is 6.67. The van der Waals surface area contributed by atoms with Gasteiger partial charge in [-0.1, -0.05) is 81.3 Å². The van der Waals surface area contributed by atoms with Crippen molar-refractivity contribution in [1.82, 2.24) is 0 Å². The molecule has 3 aromatic rings. The lowest BCUT2D eigenvalue weighted by atomic mass is 9.76. The molecule has 3 atom stereocenters.